The fraction of sp³-hybridized carbons (Fsp3) is 0.650. The van der Waals surface area contributed by atoms with E-state index in [0.29, 0.717) is 17.5 Å². The van der Waals surface area contributed by atoms with Crippen molar-refractivity contribution >= 4 is 15.8 Å². The second kappa shape index (κ2) is 9.55. The smallest absolute Gasteiger partial charge is 0.191 e. The SMILES string of the molecule is CN=C(NCc1ccc(S(C)(=O)=O)c(C)c1)NCC(C)N1CCCC(C)C1. The number of aliphatic imine (C=N–C) groups is 1. The molecule has 1 aliphatic rings. The van der Waals surface area contributed by atoms with Crippen LogP contribution in [0.25, 0.3) is 0 Å². The van der Waals surface area contributed by atoms with Crippen molar-refractivity contribution in [1.82, 2.24) is 15.5 Å². The Morgan fingerprint density at radius 2 is 2.11 bits per heavy atom. The van der Waals surface area contributed by atoms with Gasteiger partial charge in [-0.05, 0) is 56.3 Å². The highest BCUT2D eigenvalue weighted by molar-refractivity contribution is 7.90. The first-order valence-electron chi connectivity index (χ1n) is 9.69. The molecule has 6 nitrogen and oxygen atoms in total. The summed E-state index contributed by atoms with van der Waals surface area (Å²) in [4.78, 5) is 7.23. The highest BCUT2D eigenvalue weighted by Gasteiger charge is 2.20. The molecule has 7 heteroatoms. The number of likely N-dealkylation sites (tertiary alicyclic amines) is 1. The van der Waals surface area contributed by atoms with E-state index in [-0.39, 0.29) is 0 Å². The van der Waals surface area contributed by atoms with Crippen LogP contribution in [0.15, 0.2) is 28.1 Å². The third-order valence-electron chi connectivity index (χ3n) is 5.20. The number of piperidine rings is 1. The summed E-state index contributed by atoms with van der Waals surface area (Å²) in [7, 11) is -1.42. The summed E-state index contributed by atoms with van der Waals surface area (Å²) in [5.74, 6) is 1.54. The van der Waals surface area contributed by atoms with Gasteiger partial charge in [0.1, 0.15) is 0 Å². The van der Waals surface area contributed by atoms with Gasteiger partial charge in [0, 0.05) is 39.0 Å². The second-order valence-electron chi connectivity index (χ2n) is 7.77. The molecule has 1 aromatic carbocycles. The molecular formula is C20H34N4O2S. The van der Waals surface area contributed by atoms with Crippen LogP contribution >= 0.6 is 0 Å². The van der Waals surface area contributed by atoms with Gasteiger partial charge >= 0.3 is 0 Å². The zero-order valence-corrected chi connectivity index (χ0v) is 18.1. The molecule has 1 aliphatic heterocycles. The number of nitrogens with one attached hydrogen (secondary N) is 2. The predicted molar refractivity (Wildman–Crippen MR) is 112 cm³/mol. The summed E-state index contributed by atoms with van der Waals surface area (Å²) >= 11 is 0. The quantitative estimate of drug-likeness (QED) is 0.571. The van der Waals surface area contributed by atoms with Gasteiger partial charge in [0.05, 0.1) is 4.90 Å². The standard InChI is InChI=1S/C20H34N4O2S/c1-15-7-6-10-24(14-15)17(3)12-22-20(21-4)23-13-18-8-9-19(16(2)11-18)27(5,25)26/h8-9,11,15,17H,6-7,10,12-14H2,1-5H3,(H2,21,22,23). The van der Waals surface area contributed by atoms with E-state index in [1.54, 1.807) is 13.1 Å². The Morgan fingerprint density at radius 3 is 2.70 bits per heavy atom. The van der Waals surface area contributed by atoms with Gasteiger partial charge in [0.15, 0.2) is 15.8 Å². The Labute approximate surface area is 164 Å². The Bertz CT molecular complexity index is 761. The Balaban J connectivity index is 1.86. The molecule has 27 heavy (non-hydrogen) atoms. The molecule has 0 bridgehead atoms. The lowest BCUT2D eigenvalue weighted by molar-refractivity contribution is 0.139. The minimum atomic E-state index is -3.18. The molecule has 2 N–H and O–H groups in total. The van der Waals surface area contributed by atoms with Crippen LogP contribution in [0.1, 0.15) is 37.8 Å². The molecule has 1 aromatic rings. The number of guanidine groups is 1. The van der Waals surface area contributed by atoms with E-state index >= 15 is 0 Å². The van der Waals surface area contributed by atoms with Gasteiger partial charge < -0.3 is 10.6 Å². The molecular weight excluding hydrogens is 360 g/mol. The van der Waals surface area contributed by atoms with E-state index in [1.807, 2.05) is 19.1 Å². The molecule has 1 heterocycles. The van der Waals surface area contributed by atoms with Crippen LogP contribution < -0.4 is 10.6 Å². The first kappa shape index (κ1) is 21.7. The molecule has 0 aromatic heterocycles. The van der Waals surface area contributed by atoms with Crippen LogP contribution in [0.3, 0.4) is 0 Å². The van der Waals surface area contributed by atoms with E-state index in [0.717, 1.165) is 29.5 Å². The summed E-state index contributed by atoms with van der Waals surface area (Å²) in [5, 5.41) is 6.71. The maximum Gasteiger partial charge on any atom is 0.191 e. The number of sulfone groups is 1. The molecule has 0 amide bonds. The number of aryl methyl sites for hydroxylation is 1. The second-order valence-corrected chi connectivity index (χ2v) is 9.75. The fourth-order valence-corrected chi connectivity index (χ4v) is 4.60. The van der Waals surface area contributed by atoms with Gasteiger partial charge in [0.2, 0.25) is 0 Å². The minimum Gasteiger partial charge on any atom is -0.355 e. The molecule has 0 spiro atoms. The summed E-state index contributed by atoms with van der Waals surface area (Å²) in [5.41, 5.74) is 1.80. The van der Waals surface area contributed by atoms with Gasteiger partial charge in [-0.1, -0.05) is 19.1 Å². The van der Waals surface area contributed by atoms with Crippen LogP contribution in [-0.4, -0.2) is 58.3 Å². The monoisotopic (exact) mass is 394 g/mol. The summed E-state index contributed by atoms with van der Waals surface area (Å²) < 4.78 is 23.5. The first-order valence-corrected chi connectivity index (χ1v) is 11.6. The topological polar surface area (TPSA) is 73.8 Å². The Kier molecular flexibility index (Phi) is 7.68. The summed E-state index contributed by atoms with van der Waals surface area (Å²) in [6.45, 7) is 10.2. The van der Waals surface area contributed by atoms with Crippen molar-refractivity contribution in [1.29, 1.82) is 0 Å². The number of rotatable bonds is 6. The molecule has 2 unspecified atom stereocenters. The van der Waals surface area contributed by atoms with Crippen molar-refractivity contribution in [3.05, 3.63) is 29.3 Å². The number of hydrogen-bond donors (Lipinski definition) is 2. The third-order valence-corrected chi connectivity index (χ3v) is 6.46. The van der Waals surface area contributed by atoms with Crippen molar-refractivity contribution < 1.29 is 8.42 Å². The van der Waals surface area contributed by atoms with Crippen molar-refractivity contribution in [2.75, 3.05) is 32.9 Å². The van der Waals surface area contributed by atoms with Crippen molar-refractivity contribution in [2.45, 2.75) is 51.1 Å². The molecule has 0 aliphatic carbocycles. The van der Waals surface area contributed by atoms with Crippen LogP contribution in [0.5, 0.6) is 0 Å². The van der Waals surface area contributed by atoms with E-state index in [2.05, 4.69) is 34.4 Å². The van der Waals surface area contributed by atoms with Crippen molar-refractivity contribution in [3.8, 4) is 0 Å². The van der Waals surface area contributed by atoms with Crippen molar-refractivity contribution in [3.63, 3.8) is 0 Å². The Morgan fingerprint density at radius 1 is 1.37 bits per heavy atom. The molecule has 0 radical (unpaired) electrons. The fourth-order valence-electron chi connectivity index (χ4n) is 3.64. The lowest BCUT2D eigenvalue weighted by atomic mass is 9.99. The molecule has 1 saturated heterocycles. The average Bonchev–Trinajstić information content (AvgIpc) is 2.60. The maximum atomic E-state index is 11.7. The van der Waals surface area contributed by atoms with Crippen molar-refractivity contribution in [2.24, 2.45) is 10.9 Å². The van der Waals surface area contributed by atoms with Crippen LogP contribution in [0.2, 0.25) is 0 Å². The highest BCUT2D eigenvalue weighted by Crippen LogP contribution is 2.18. The number of benzene rings is 1. The van der Waals surface area contributed by atoms with Crippen LogP contribution in [-0.2, 0) is 16.4 Å². The van der Waals surface area contributed by atoms with Gasteiger partial charge in [-0.2, -0.15) is 0 Å². The highest BCUT2D eigenvalue weighted by atomic mass is 32.2. The Hall–Kier alpha value is -1.60. The van der Waals surface area contributed by atoms with Gasteiger partial charge in [0.25, 0.3) is 0 Å². The van der Waals surface area contributed by atoms with Crippen LogP contribution in [0, 0.1) is 12.8 Å². The normalized spacial score (nSPS) is 20.3. The van der Waals surface area contributed by atoms with E-state index in [1.165, 1.54) is 32.2 Å². The molecule has 0 saturated carbocycles. The molecule has 152 valence electrons. The zero-order chi connectivity index (χ0) is 20.0. The average molecular weight is 395 g/mol. The van der Waals surface area contributed by atoms with E-state index in [4.69, 9.17) is 0 Å². The molecule has 2 atom stereocenters. The van der Waals surface area contributed by atoms with Crippen LogP contribution in [0.4, 0.5) is 0 Å². The maximum absolute atomic E-state index is 11.7. The lowest BCUT2D eigenvalue weighted by Gasteiger charge is -2.35. The van der Waals surface area contributed by atoms with Gasteiger partial charge in [-0.3, -0.25) is 9.89 Å². The number of nitrogens with zero attached hydrogens (tertiary/aromatic N) is 2. The van der Waals surface area contributed by atoms with E-state index < -0.39 is 9.84 Å². The zero-order valence-electron chi connectivity index (χ0n) is 17.2. The minimum absolute atomic E-state index is 0.387. The number of hydrogen-bond acceptors (Lipinski definition) is 4. The van der Waals surface area contributed by atoms with Gasteiger partial charge in [-0.25, -0.2) is 8.42 Å². The lowest BCUT2D eigenvalue weighted by Crippen LogP contribution is -2.48. The predicted octanol–water partition coefficient (Wildman–Crippen LogP) is 2.18. The van der Waals surface area contributed by atoms with Gasteiger partial charge in [-0.15, -0.1) is 0 Å². The first-order chi connectivity index (χ1) is 12.7. The van der Waals surface area contributed by atoms with E-state index in [9.17, 15) is 8.42 Å². The largest absolute Gasteiger partial charge is 0.355 e. The third kappa shape index (κ3) is 6.50. The molecule has 1 fully saturated rings. The molecule has 2 rings (SSSR count). The summed E-state index contributed by atoms with van der Waals surface area (Å²) in [6, 6.07) is 5.90. The summed E-state index contributed by atoms with van der Waals surface area (Å²) in [6.07, 6.45) is 3.85.